The zero-order chi connectivity index (χ0) is 28.5. The number of methoxy groups -OCH3 is 1. The van der Waals surface area contributed by atoms with E-state index >= 15 is 0 Å². The Labute approximate surface area is 249 Å². The summed E-state index contributed by atoms with van der Waals surface area (Å²) in [6.45, 7) is 0.194. The summed E-state index contributed by atoms with van der Waals surface area (Å²) in [6.07, 6.45) is 1.50. The van der Waals surface area contributed by atoms with Gasteiger partial charge in [0, 0.05) is 5.39 Å². The molecule has 0 bridgehead atoms. The Morgan fingerprint density at radius 2 is 1.73 bits per heavy atom. The van der Waals surface area contributed by atoms with Crippen LogP contribution in [0.3, 0.4) is 0 Å². The van der Waals surface area contributed by atoms with Crippen molar-refractivity contribution in [1.82, 2.24) is 9.66 Å². The zero-order valence-corrected chi connectivity index (χ0v) is 23.7. The molecule has 10 heteroatoms. The highest BCUT2D eigenvalue weighted by Crippen LogP contribution is 2.37. The van der Waals surface area contributed by atoms with Crippen LogP contribution < -0.4 is 15.0 Å². The molecule has 0 spiro atoms. The van der Waals surface area contributed by atoms with E-state index in [0.29, 0.717) is 54.4 Å². The van der Waals surface area contributed by atoms with Crippen molar-refractivity contribution in [3.05, 3.63) is 121 Å². The predicted molar refractivity (Wildman–Crippen MR) is 163 cm³/mol. The van der Waals surface area contributed by atoms with E-state index in [2.05, 4.69) is 5.10 Å². The summed E-state index contributed by atoms with van der Waals surface area (Å²) in [7, 11) is 1.51. The maximum atomic E-state index is 13.5. The number of rotatable bonds is 7. The minimum absolute atomic E-state index is 0.194. The van der Waals surface area contributed by atoms with Crippen molar-refractivity contribution in [1.29, 1.82) is 0 Å². The fourth-order valence-electron chi connectivity index (χ4n) is 4.35. The molecule has 0 aliphatic rings. The van der Waals surface area contributed by atoms with E-state index in [1.165, 1.54) is 18.0 Å². The minimum Gasteiger partial charge on any atom is -0.493 e. The fraction of sp³-hybridized carbons (Fsp3) is 0.0645. The van der Waals surface area contributed by atoms with Crippen LogP contribution in [0.4, 0.5) is 0 Å². The molecule has 0 aliphatic heterocycles. The average Bonchev–Trinajstić information content (AvgIpc) is 3.42. The first-order valence-electron chi connectivity index (χ1n) is 12.4. The molecule has 2 aromatic heterocycles. The number of ether oxygens (including phenoxy) is 2. The molecule has 0 saturated heterocycles. The smallest absolute Gasteiger partial charge is 0.282 e. The number of hydrogen-bond acceptors (Lipinski definition) is 6. The molecule has 0 saturated carbocycles. The molecule has 0 radical (unpaired) electrons. The Hall–Kier alpha value is -4.30. The standard InChI is InChI=1S/C31H20Cl3N3O4/c1-39-27-14-19(13-24(34)29(27)40-17-18-10-11-22(32)23(33)12-18)16-35-37-30(28-15-20-6-2-5-9-26(20)41-28)36-25-8-4-3-7-21(25)31(37)38/h2-16H,17H2,1H3. The van der Waals surface area contributed by atoms with Crippen LogP contribution in [0, 0.1) is 0 Å². The van der Waals surface area contributed by atoms with Crippen LogP contribution in [0.25, 0.3) is 33.5 Å². The summed E-state index contributed by atoms with van der Waals surface area (Å²) in [5.41, 5.74) is 2.25. The molecule has 2 heterocycles. The topological polar surface area (TPSA) is 78.9 Å². The summed E-state index contributed by atoms with van der Waals surface area (Å²) in [6, 6.07) is 25.1. The van der Waals surface area contributed by atoms with Crippen LogP contribution in [-0.4, -0.2) is 23.0 Å². The Balaban J connectivity index is 1.38. The zero-order valence-electron chi connectivity index (χ0n) is 21.5. The second kappa shape index (κ2) is 11.3. The van der Waals surface area contributed by atoms with Gasteiger partial charge in [-0.2, -0.15) is 9.78 Å². The molecule has 0 atom stereocenters. The largest absolute Gasteiger partial charge is 0.493 e. The normalized spacial score (nSPS) is 11.5. The molecule has 41 heavy (non-hydrogen) atoms. The highest BCUT2D eigenvalue weighted by atomic mass is 35.5. The number of furan rings is 1. The number of halogens is 3. The van der Waals surface area contributed by atoms with Gasteiger partial charge < -0.3 is 13.9 Å². The molecule has 0 aliphatic carbocycles. The molecular formula is C31H20Cl3N3O4. The van der Waals surface area contributed by atoms with Gasteiger partial charge in [-0.1, -0.05) is 71.2 Å². The number of nitrogens with zero attached hydrogens (tertiary/aromatic N) is 3. The second-order valence-corrected chi connectivity index (χ2v) is 10.3. The molecule has 0 unspecified atom stereocenters. The van der Waals surface area contributed by atoms with E-state index in [0.717, 1.165) is 10.9 Å². The predicted octanol–water partition coefficient (Wildman–Crippen LogP) is 8.24. The fourth-order valence-corrected chi connectivity index (χ4v) is 4.94. The van der Waals surface area contributed by atoms with E-state index in [1.54, 1.807) is 42.5 Å². The highest BCUT2D eigenvalue weighted by molar-refractivity contribution is 6.42. The quantitative estimate of drug-likeness (QED) is 0.172. The van der Waals surface area contributed by atoms with Crippen LogP contribution in [0.15, 0.2) is 99.2 Å². The SMILES string of the molecule is COc1cc(C=Nn2c(-c3cc4ccccc4o3)nc3ccccc3c2=O)cc(Cl)c1OCc1ccc(Cl)c(Cl)c1. The first-order chi connectivity index (χ1) is 19.9. The first-order valence-corrected chi connectivity index (χ1v) is 13.5. The molecular weight excluding hydrogens is 585 g/mol. The number of benzene rings is 4. The lowest BCUT2D eigenvalue weighted by Gasteiger charge is -2.14. The Morgan fingerprint density at radius 3 is 2.54 bits per heavy atom. The summed E-state index contributed by atoms with van der Waals surface area (Å²) >= 11 is 18.7. The molecule has 6 aromatic rings. The third-order valence-corrected chi connectivity index (χ3v) is 7.36. The van der Waals surface area contributed by atoms with Crippen LogP contribution >= 0.6 is 34.8 Å². The molecule has 7 nitrogen and oxygen atoms in total. The van der Waals surface area contributed by atoms with Gasteiger partial charge in [-0.3, -0.25) is 4.79 Å². The summed E-state index contributed by atoms with van der Waals surface area (Å²) in [5, 5.41) is 6.99. The summed E-state index contributed by atoms with van der Waals surface area (Å²) in [5.74, 6) is 1.42. The van der Waals surface area contributed by atoms with Crippen molar-refractivity contribution < 1.29 is 13.9 Å². The monoisotopic (exact) mass is 603 g/mol. The minimum atomic E-state index is -0.345. The van der Waals surface area contributed by atoms with Crippen molar-refractivity contribution in [2.24, 2.45) is 5.10 Å². The van der Waals surface area contributed by atoms with Crippen LogP contribution in [-0.2, 0) is 6.61 Å². The van der Waals surface area contributed by atoms with Crippen LogP contribution in [0.2, 0.25) is 15.1 Å². The molecule has 6 rings (SSSR count). The molecule has 0 amide bonds. The van der Waals surface area contributed by atoms with E-state index in [4.69, 9.17) is 53.7 Å². The van der Waals surface area contributed by atoms with Gasteiger partial charge in [-0.25, -0.2) is 4.98 Å². The van der Waals surface area contributed by atoms with Gasteiger partial charge in [0.15, 0.2) is 17.3 Å². The molecule has 204 valence electrons. The Morgan fingerprint density at radius 1 is 0.927 bits per heavy atom. The van der Waals surface area contributed by atoms with E-state index in [-0.39, 0.29) is 18.0 Å². The number of hydrogen-bond donors (Lipinski definition) is 0. The van der Waals surface area contributed by atoms with E-state index in [1.807, 2.05) is 42.5 Å². The van der Waals surface area contributed by atoms with E-state index < -0.39 is 0 Å². The summed E-state index contributed by atoms with van der Waals surface area (Å²) in [4.78, 5) is 18.3. The second-order valence-electron chi connectivity index (χ2n) is 9.03. The van der Waals surface area contributed by atoms with Gasteiger partial charge >= 0.3 is 0 Å². The lowest BCUT2D eigenvalue weighted by Crippen LogP contribution is -2.20. The van der Waals surface area contributed by atoms with Crippen molar-refractivity contribution in [2.75, 3.05) is 7.11 Å². The van der Waals surface area contributed by atoms with Gasteiger partial charge in [0.2, 0.25) is 5.82 Å². The van der Waals surface area contributed by atoms with Crippen molar-refractivity contribution >= 4 is 62.9 Å². The Bertz CT molecular complexity index is 1980. The molecule has 0 fully saturated rings. The first kappa shape index (κ1) is 26.9. The van der Waals surface area contributed by atoms with Gasteiger partial charge in [0.05, 0.1) is 39.3 Å². The van der Waals surface area contributed by atoms with E-state index in [9.17, 15) is 4.79 Å². The third-order valence-electron chi connectivity index (χ3n) is 6.34. The molecule has 4 aromatic carbocycles. The Kier molecular flexibility index (Phi) is 7.41. The van der Waals surface area contributed by atoms with Gasteiger partial charge in [-0.05, 0) is 59.7 Å². The number of para-hydroxylation sites is 2. The lowest BCUT2D eigenvalue weighted by molar-refractivity contribution is 0.284. The highest BCUT2D eigenvalue weighted by Gasteiger charge is 2.17. The maximum absolute atomic E-state index is 13.5. The lowest BCUT2D eigenvalue weighted by atomic mass is 10.2. The molecule has 0 N–H and O–H groups in total. The van der Waals surface area contributed by atoms with Crippen molar-refractivity contribution in [3.63, 3.8) is 0 Å². The van der Waals surface area contributed by atoms with Gasteiger partial charge in [0.25, 0.3) is 5.56 Å². The van der Waals surface area contributed by atoms with Gasteiger partial charge in [0.1, 0.15) is 12.2 Å². The van der Waals surface area contributed by atoms with Crippen LogP contribution in [0.1, 0.15) is 11.1 Å². The third kappa shape index (κ3) is 5.39. The summed E-state index contributed by atoms with van der Waals surface area (Å²) < 4.78 is 18.7. The maximum Gasteiger partial charge on any atom is 0.282 e. The number of fused-ring (bicyclic) bond motifs is 2. The van der Waals surface area contributed by atoms with Crippen LogP contribution in [0.5, 0.6) is 11.5 Å². The van der Waals surface area contributed by atoms with Crippen molar-refractivity contribution in [3.8, 4) is 23.1 Å². The van der Waals surface area contributed by atoms with Crippen molar-refractivity contribution in [2.45, 2.75) is 6.61 Å². The van der Waals surface area contributed by atoms with Gasteiger partial charge in [-0.15, -0.1) is 0 Å². The average molecular weight is 605 g/mol. The number of aromatic nitrogens is 2.